The van der Waals surface area contributed by atoms with Gasteiger partial charge in [-0.15, -0.1) is 0 Å². The number of hydrogen-bond donors (Lipinski definition) is 1. The second-order valence-corrected chi connectivity index (χ2v) is 2.83. The minimum Gasteiger partial charge on any atom is -0.478 e. The third-order valence-electron chi connectivity index (χ3n) is 2.00. The van der Waals surface area contributed by atoms with Crippen LogP contribution in [0.1, 0.15) is 22.8 Å². The zero-order chi connectivity index (χ0) is 10.6. The lowest BCUT2D eigenvalue weighted by Crippen LogP contribution is -1.95. The summed E-state index contributed by atoms with van der Waals surface area (Å²) in [4.78, 5) is 10.6. The van der Waals surface area contributed by atoms with E-state index in [4.69, 9.17) is 5.11 Å². The number of rotatable bonds is 3. The quantitative estimate of drug-likeness (QED) is 0.740. The summed E-state index contributed by atoms with van der Waals surface area (Å²) >= 11 is 0. The molecule has 0 atom stereocenters. The summed E-state index contributed by atoms with van der Waals surface area (Å²) in [5, 5.41) is 8.69. The van der Waals surface area contributed by atoms with E-state index in [0.29, 0.717) is 5.56 Å². The molecule has 0 fully saturated rings. The molecule has 14 heavy (non-hydrogen) atoms. The molecule has 0 aliphatic heterocycles. The van der Waals surface area contributed by atoms with Gasteiger partial charge in [-0.1, -0.05) is 30.9 Å². The Labute approximate surface area is 83.2 Å². The monoisotopic (exact) mass is 188 g/mol. The van der Waals surface area contributed by atoms with Crippen molar-refractivity contribution in [3.63, 3.8) is 0 Å². The van der Waals surface area contributed by atoms with Gasteiger partial charge in [0, 0.05) is 0 Å². The molecule has 0 aromatic heterocycles. The van der Waals surface area contributed by atoms with Gasteiger partial charge in [-0.25, -0.2) is 4.79 Å². The molecule has 72 valence electrons. The van der Waals surface area contributed by atoms with Crippen LogP contribution in [-0.2, 0) is 0 Å². The average Bonchev–Trinajstić information content (AvgIpc) is 2.20. The van der Waals surface area contributed by atoms with E-state index in [-0.39, 0.29) is 0 Å². The molecule has 0 unspecified atom stereocenters. The summed E-state index contributed by atoms with van der Waals surface area (Å²) in [6.07, 6.45) is 3.68. The maximum atomic E-state index is 10.6. The average molecular weight is 188 g/mol. The first-order chi connectivity index (χ1) is 6.69. The molecule has 0 radical (unpaired) electrons. The van der Waals surface area contributed by atoms with Crippen LogP contribution in [-0.4, -0.2) is 11.1 Å². The van der Waals surface area contributed by atoms with E-state index >= 15 is 0 Å². The molecule has 0 saturated carbocycles. The summed E-state index contributed by atoms with van der Waals surface area (Å²) in [6.45, 7) is 5.60. The molecule has 0 aliphatic rings. The summed E-state index contributed by atoms with van der Waals surface area (Å²) in [6, 6.07) is 6.73. The number of benzene rings is 1. The number of carboxylic acid groups (broad SMARTS) is 1. The van der Waals surface area contributed by atoms with Gasteiger partial charge in [0.2, 0.25) is 0 Å². The molecule has 0 heterocycles. The van der Waals surface area contributed by atoms with Crippen molar-refractivity contribution in [3.05, 3.63) is 54.1 Å². The Bertz CT molecular complexity index is 372. The Kier molecular flexibility index (Phi) is 3.24. The molecular weight excluding hydrogens is 176 g/mol. The van der Waals surface area contributed by atoms with E-state index in [1.165, 1.54) is 0 Å². The maximum absolute atomic E-state index is 10.6. The molecule has 2 heteroatoms. The Hall–Kier alpha value is -1.83. The predicted octanol–water partition coefficient (Wildman–Crippen LogP) is 2.97. The lowest BCUT2D eigenvalue weighted by Gasteiger charge is -2.01. The van der Waals surface area contributed by atoms with E-state index in [1.54, 1.807) is 30.3 Å². The first-order valence-corrected chi connectivity index (χ1v) is 4.31. The minimum absolute atomic E-state index is 0.299. The van der Waals surface area contributed by atoms with Gasteiger partial charge in [-0.3, -0.25) is 0 Å². The molecule has 1 N–H and O–H groups in total. The standard InChI is InChI=1S/C12H12O2/c1-3-9(4-2)10-5-7-11(8-6-10)12(13)14/h3-8H,1H2,2H3,(H,13,14)/b9-4+. The van der Waals surface area contributed by atoms with Gasteiger partial charge >= 0.3 is 5.97 Å². The number of carbonyl (C=O) groups is 1. The van der Waals surface area contributed by atoms with E-state index in [2.05, 4.69) is 6.58 Å². The molecule has 0 saturated heterocycles. The van der Waals surface area contributed by atoms with Gasteiger partial charge in [0.25, 0.3) is 0 Å². The lowest BCUT2D eigenvalue weighted by molar-refractivity contribution is 0.0697. The van der Waals surface area contributed by atoms with Crippen molar-refractivity contribution in [2.24, 2.45) is 0 Å². The summed E-state index contributed by atoms with van der Waals surface area (Å²) < 4.78 is 0. The molecule has 0 bridgehead atoms. The number of allylic oxidation sites excluding steroid dienone is 3. The largest absolute Gasteiger partial charge is 0.478 e. The number of carboxylic acids is 1. The summed E-state index contributed by atoms with van der Waals surface area (Å²) in [5.74, 6) is -0.905. The van der Waals surface area contributed by atoms with Crippen LogP contribution in [0.2, 0.25) is 0 Å². The van der Waals surface area contributed by atoms with Gasteiger partial charge in [0.1, 0.15) is 0 Å². The van der Waals surface area contributed by atoms with Crippen molar-refractivity contribution in [2.45, 2.75) is 6.92 Å². The van der Waals surface area contributed by atoms with Crippen molar-refractivity contribution in [2.75, 3.05) is 0 Å². The van der Waals surface area contributed by atoms with Gasteiger partial charge in [-0.05, 0) is 30.2 Å². The number of hydrogen-bond acceptors (Lipinski definition) is 1. The topological polar surface area (TPSA) is 37.3 Å². The van der Waals surface area contributed by atoms with Crippen LogP contribution in [0.5, 0.6) is 0 Å². The van der Waals surface area contributed by atoms with Crippen LogP contribution >= 0.6 is 0 Å². The highest BCUT2D eigenvalue weighted by molar-refractivity contribution is 5.88. The molecular formula is C12H12O2. The molecule has 0 aliphatic carbocycles. The fourth-order valence-corrected chi connectivity index (χ4v) is 1.21. The lowest BCUT2D eigenvalue weighted by atomic mass is 10.0. The molecule has 2 nitrogen and oxygen atoms in total. The van der Waals surface area contributed by atoms with E-state index in [9.17, 15) is 4.79 Å². The predicted molar refractivity (Wildman–Crippen MR) is 57.2 cm³/mol. The Balaban J connectivity index is 3.05. The van der Waals surface area contributed by atoms with Crippen molar-refractivity contribution < 1.29 is 9.90 Å². The highest BCUT2D eigenvalue weighted by Gasteiger charge is 2.02. The van der Waals surface area contributed by atoms with Crippen molar-refractivity contribution in [1.82, 2.24) is 0 Å². The highest BCUT2D eigenvalue weighted by atomic mass is 16.4. The van der Waals surface area contributed by atoms with Crippen LogP contribution in [0, 0.1) is 0 Å². The first-order valence-electron chi connectivity index (χ1n) is 4.31. The zero-order valence-corrected chi connectivity index (χ0v) is 8.03. The van der Waals surface area contributed by atoms with Crippen molar-refractivity contribution in [3.8, 4) is 0 Å². The maximum Gasteiger partial charge on any atom is 0.335 e. The third-order valence-corrected chi connectivity index (χ3v) is 2.00. The smallest absolute Gasteiger partial charge is 0.335 e. The van der Waals surface area contributed by atoms with Crippen molar-refractivity contribution in [1.29, 1.82) is 0 Å². The van der Waals surface area contributed by atoms with E-state index in [0.717, 1.165) is 11.1 Å². The second kappa shape index (κ2) is 4.42. The Morgan fingerprint density at radius 1 is 1.29 bits per heavy atom. The molecule has 1 aromatic rings. The van der Waals surface area contributed by atoms with Crippen LogP contribution in [0.25, 0.3) is 5.57 Å². The van der Waals surface area contributed by atoms with Crippen LogP contribution < -0.4 is 0 Å². The van der Waals surface area contributed by atoms with Gasteiger partial charge in [-0.2, -0.15) is 0 Å². The number of aromatic carboxylic acids is 1. The summed E-state index contributed by atoms with van der Waals surface area (Å²) in [5.41, 5.74) is 2.28. The fourth-order valence-electron chi connectivity index (χ4n) is 1.21. The normalized spacial score (nSPS) is 11.1. The second-order valence-electron chi connectivity index (χ2n) is 2.83. The van der Waals surface area contributed by atoms with E-state index in [1.807, 2.05) is 13.0 Å². The van der Waals surface area contributed by atoms with Crippen molar-refractivity contribution >= 4 is 11.5 Å². The zero-order valence-electron chi connectivity index (χ0n) is 8.03. The Morgan fingerprint density at radius 2 is 1.79 bits per heavy atom. The Morgan fingerprint density at radius 3 is 2.14 bits per heavy atom. The molecule has 1 aromatic carbocycles. The van der Waals surface area contributed by atoms with Crippen LogP contribution in [0.4, 0.5) is 0 Å². The van der Waals surface area contributed by atoms with E-state index < -0.39 is 5.97 Å². The highest BCUT2D eigenvalue weighted by Crippen LogP contribution is 2.15. The first kappa shape index (κ1) is 10.3. The SMILES string of the molecule is C=C/C(=C\C)c1ccc(C(=O)O)cc1. The van der Waals surface area contributed by atoms with Crippen LogP contribution in [0.15, 0.2) is 43.0 Å². The van der Waals surface area contributed by atoms with Crippen LogP contribution in [0.3, 0.4) is 0 Å². The molecule has 0 spiro atoms. The third kappa shape index (κ3) is 2.10. The fraction of sp³-hybridized carbons (Fsp3) is 0.0833. The summed E-state index contributed by atoms with van der Waals surface area (Å²) in [7, 11) is 0. The van der Waals surface area contributed by atoms with Gasteiger partial charge < -0.3 is 5.11 Å². The van der Waals surface area contributed by atoms with Gasteiger partial charge in [0.15, 0.2) is 0 Å². The molecule has 1 rings (SSSR count). The van der Waals surface area contributed by atoms with Gasteiger partial charge in [0.05, 0.1) is 5.56 Å². The molecule has 0 amide bonds. The minimum atomic E-state index is -0.905.